The van der Waals surface area contributed by atoms with Crippen LogP contribution in [0, 0.1) is 6.92 Å². The van der Waals surface area contributed by atoms with E-state index in [2.05, 4.69) is 29.5 Å². The van der Waals surface area contributed by atoms with Crippen molar-refractivity contribution in [2.24, 2.45) is 7.05 Å². The van der Waals surface area contributed by atoms with Crippen molar-refractivity contribution in [1.82, 2.24) is 20.1 Å². The average Bonchev–Trinajstić information content (AvgIpc) is 3.30. The second kappa shape index (κ2) is 5.94. The van der Waals surface area contributed by atoms with Crippen LogP contribution in [0.3, 0.4) is 0 Å². The molecule has 5 nitrogen and oxygen atoms in total. The summed E-state index contributed by atoms with van der Waals surface area (Å²) in [4.78, 5) is 17.5. The smallest absolute Gasteiger partial charge is 0.251 e. The molecule has 134 valence electrons. The van der Waals surface area contributed by atoms with Gasteiger partial charge in [0.2, 0.25) is 0 Å². The van der Waals surface area contributed by atoms with Gasteiger partial charge in [0.15, 0.2) is 0 Å². The van der Waals surface area contributed by atoms with Gasteiger partial charge < -0.3 is 5.32 Å². The summed E-state index contributed by atoms with van der Waals surface area (Å²) >= 11 is 0. The van der Waals surface area contributed by atoms with E-state index in [1.54, 1.807) is 0 Å². The average molecular weight is 348 g/mol. The molecule has 1 aliphatic rings. The number of aromatic nitrogens is 3. The minimum absolute atomic E-state index is 0.0825. The Balaban J connectivity index is 1.56. The Morgan fingerprint density at radius 2 is 2.04 bits per heavy atom. The van der Waals surface area contributed by atoms with Gasteiger partial charge in [-0.05, 0) is 51.0 Å². The van der Waals surface area contributed by atoms with E-state index < -0.39 is 0 Å². The van der Waals surface area contributed by atoms with E-state index in [0.717, 1.165) is 27.9 Å². The molecule has 0 unspecified atom stereocenters. The van der Waals surface area contributed by atoms with Gasteiger partial charge in [-0.1, -0.05) is 13.0 Å². The molecule has 1 N–H and O–H groups in total. The summed E-state index contributed by atoms with van der Waals surface area (Å²) in [5.41, 5.74) is 5.10. The maximum Gasteiger partial charge on any atom is 0.251 e. The Hall–Kier alpha value is -2.69. The lowest BCUT2D eigenvalue weighted by Crippen LogP contribution is -2.26. The fourth-order valence-electron chi connectivity index (χ4n) is 3.35. The van der Waals surface area contributed by atoms with Crippen molar-refractivity contribution in [2.75, 3.05) is 0 Å². The van der Waals surface area contributed by atoms with Crippen LogP contribution in [-0.4, -0.2) is 20.7 Å². The van der Waals surface area contributed by atoms with Crippen molar-refractivity contribution in [2.45, 2.75) is 45.1 Å². The summed E-state index contributed by atoms with van der Waals surface area (Å²) in [5, 5.41) is 8.31. The van der Waals surface area contributed by atoms with Gasteiger partial charge >= 0.3 is 0 Å². The van der Waals surface area contributed by atoms with Crippen LogP contribution in [0.2, 0.25) is 0 Å². The number of carbonyl (C=O) groups is 1. The Bertz CT molecular complexity index is 1000. The van der Waals surface area contributed by atoms with Crippen LogP contribution in [0.4, 0.5) is 0 Å². The molecule has 2 heterocycles. The van der Waals surface area contributed by atoms with Crippen molar-refractivity contribution < 1.29 is 4.79 Å². The van der Waals surface area contributed by atoms with Crippen molar-refractivity contribution in [3.63, 3.8) is 0 Å². The van der Waals surface area contributed by atoms with E-state index in [0.29, 0.717) is 5.56 Å². The summed E-state index contributed by atoms with van der Waals surface area (Å²) in [5.74, 6) is -0.0825. The van der Waals surface area contributed by atoms with Crippen molar-refractivity contribution in [3.05, 3.63) is 59.0 Å². The first-order chi connectivity index (χ1) is 12.4. The predicted molar refractivity (Wildman–Crippen MR) is 102 cm³/mol. The van der Waals surface area contributed by atoms with Gasteiger partial charge in [0.1, 0.15) is 0 Å². The summed E-state index contributed by atoms with van der Waals surface area (Å²) in [6.07, 6.45) is 4.22. The van der Waals surface area contributed by atoms with E-state index in [4.69, 9.17) is 4.98 Å². The molecule has 1 amide bonds. The van der Waals surface area contributed by atoms with E-state index in [-0.39, 0.29) is 17.4 Å². The number of nitrogens with one attached hydrogen (secondary N) is 1. The molecule has 0 bridgehead atoms. The van der Waals surface area contributed by atoms with Crippen LogP contribution in [0.1, 0.15) is 60.0 Å². The van der Waals surface area contributed by atoms with Gasteiger partial charge in [-0.2, -0.15) is 5.10 Å². The zero-order chi connectivity index (χ0) is 18.5. The maximum absolute atomic E-state index is 12.7. The molecule has 1 aliphatic carbocycles. The van der Waals surface area contributed by atoms with Gasteiger partial charge in [0.25, 0.3) is 5.91 Å². The molecule has 1 aromatic carbocycles. The first-order valence-electron chi connectivity index (χ1n) is 9.08. The summed E-state index contributed by atoms with van der Waals surface area (Å²) < 4.78 is 1.82. The molecule has 0 spiro atoms. The lowest BCUT2D eigenvalue weighted by Gasteiger charge is -2.14. The van der Waals surface area contributed by atoms with E-state index in [9.17, 15) is 4.79 Å². The zero-order valence-electron chi connectivity index (χ0n) is 15.7. The van der Waals surface area contributed by atoms with E-state index >= 15 is 0 Å². The highest BCUT2D eigenvalue weighted by molar-refractivity contribution is 5.98. The van der Waals surface area contributed by atoms with Crippen molar-refractivity contribution in [3.8, 4) is 0 Å². The van der Waals surface area contributed by atoms with E-state index in [1.807, 2.05) is 50.0 Å². The molecule has 5 heteroatoms. The molecular formula is C21H24N4O. The van der Waals surface area contributed by atoms with Crippen molar-refractivity contribution >= 4 is 16.8 Å². The number of pyridine rings is 1. The number of aryl methyl sites for hydroxylation is 1. The second-order valence-electron chi connectivity index (χ2n) is 7.67. The van der Waals surface area contributed by atoms with Crippen molar-refractivity contribution in [1.29, 1.82) is 0 Å². The third-order valence-corrected chi connectivity index (χ3v) is 5.66. The molecule has 0 radical (unpaired) electrons. The quantitative estimate of drug-likeness (QED) is 0.780. The van der Waals surface area contributed by atoms with Crippen LogP contribution in [0.5, 0.6) is 0 Å². The Morgan fingerprint density at radius 3 is 2.69 bits per heavy atom. The predicted octanol–water partition coefficient (Wildman–Crippen LogP) is 3.82. The molecule has 4 rings (SSSR count). The summed E-state index contributed by atoms with van der Waals surface area (Å²) in [6, 6.07) is 9.79. The van der Waals surface area contributed by atoms with Crippen LogP contribution >= 0.6 is 0 Å². The minimum atomic E-state index is -0.0952. The third kappa shape index (κ3) is 2.87. The number of benzene rings is 1. The topological polar surface area (TPSA) is 59.8 Å². The number of nitrogens with zero attached hydrogens (tertiary/aromatic N) is 3. The lowest BCUT2D eigenvalue weighted by atomic mass is 10.0. The van der Waals surface area contributed by atoms with Gasteiger partial charge in [0, 0.05) is 40.4 Å². The molecule has 0 saturated heterocycles. The molecule has 1 saturated carbocycles. The monoisotopic (exact) mass is 348 g/mol. The first-order valence-corrected chi connectivity index (χ1v) is 9.08. The molecule has 1 atom stereocenters. The van der Waals surface area contributed by atoms with Crippen LogP contribution < -0.4 is 5.32 Å². The number of rotatable bonds is 4. The molecule has 3 aromatic rings. The molecule has 26 heavy (non-hydrogen) atoms. The fourth-order valence-corrected chi connectivity index (χ4v) is 3.35. The highest BCUT2D eigenvalue weighted by Crippen LogP contribution is 2.46. The number of fused-ring (bicyclic) bond motifs is 1. The Kier molecular flexibility index (Phi) is 3.83. The zero-order valence-corrected chi connectivity index (χ0v) is 15.7. The third-order valence-electron chi connectivity index (χ3n) is 5.66. The van der Waals surface area contributed by atoms with Crippen LogP contribution in [-0.2, 0) is 12.5 Å². The van der Waals surface area contributed by atoms with Gasteiger partial charge in [-0.3, -0.25) is 14.5 Å². The number of carbonyl (C=O) groups excluding carboxylic acids is 1. The SMILES string of the molecule is Cc1c([C@@H](C)NC(=O)c2ccc3nc(C4(C)CC4)ccc3c2)cnn1C. The first kappa shape index (κ1) is 16.8. The lowest BCUT2D eigenvalue weighted by molar-refractivity contribution is 0.0940. The Labute approximate surface area is 153 Å². The number of hydrogen-bond donors (Lipinski definition) is 1. The van der Waals surface area contributed by atoms with Gasteiger partial charge in [-0.25, -0.2) is 0 Å². The fraction of sp³-hybridized carbons (Fsp3) is 0.381. The molecular weight excluding hydrogens is 324 g/mol. The molecule has 2 aromatic heterocycles. The highest BCUT2D eigenvalue weighted by atomic mass is 16.1. The van der Waals surface area contributed by atoms with Crippen LogP contribution in [0.15, 0.2) is 36.5 Å². The number of hydrogen-bond acceptors (Lipinski definition) is 3. The molecule has 1 fully saturated rings. The molecule has 0 aliphatic heterocycles. The second-order valence-corrected chi connectivity index (χ2v) is 7.67. The summed E-state index contributed by atoms with van der Waals surface area (Å²) in [6.45, 7) is 6.24. The maximum atomic E-state index is 12.7. The van der Waals surface area contributed by atoms with Crippen LogP contribution in [0.25, 0.3) is 10.9 Å². The van der Waals surface area contributed by atoms with Gasteiger partial charge in [0.05, 0.1) is 17.8 Å². The Morgan fingerprint density at radius 1 is 1.27 bits per heavy atom. The van der Waals surface area contributed by atoms with Gasteiger partial charge in [-0.15, -0.1) is 0 Å². The standard InChI is InChI=1S/C21H24N4O/c1-13(17-12-22-25(4)14(17)2)23-20(26)16-5-7-18-15(11-16)6-8-19(24-18)21(3)9-10-21/h5-8,11-13H,9-10H2,1-4H3,(H,23,26)/t13-/m1/s1. The van der Waals surface area contributed by atoms with E-state index in [1.165, 1.54) is 12.8 Å². The summed E-state index contributed by atoms with van der Waals surface area (Å²) in [7, 11) is 1.90. The number of amides is 1. The largest absolute Gasteiger partial charge is 0.345 e. The highest BCUT2D eigenvalue weighted by Gasteiger charge is 2.40. The minimum Gasteiger partial charge on any atom is -0.345 e. The normalized spacial score (nSPS) is 16.5.